The number of furan rings is 1. The van der Waals surface area contributed by atoms with Crippen molar-refractivity contribution < 1.29 is 18.7 Å². The fourth-order valence-electron chi connectivity index (χ4n) is 4.91. The first kappa shape index (κ1) is 25.9. The Hall–Kier alpha value is -3.16. The molecule has 4 rings (SSSR count). The van der Waals surface area contributed by atoms with Crippen molar-refractivity contribution in [2.75, 3.05) is 45.2 Å². The maximum Gasteiger partial charge on any atom is 0.291 e. The summed E-state index contributed by atoms with van der Waals surface area (Å²) in [4.78, 5) is 30.7. The Bertz CT molecular complexity index is 1180. The van der Waals surface area contributed by atoms with Crippen LogP contribution in [0.15, 0.2) is 52.9 Å². The summed E-state index contributed by atoms with van der Waals surface area (Å²) in [6.07, 6.45) is 3.06. The summed E-state index contributed by atoms with van der Waals surface area (Å²) in [7, 11) is 2.15. The molecule has 0 radical (unpaired) electrons. The van der Waals surface area contributed by atoms with Gasteiger partial charge in [-0.05, 0) is 57.9 Å². The highest BCUT2D eigenvalue weighted by atomic mass is 16.5. The molecule has 1 N–H and O–H groups in total. The van der Waals surface area contributed by atoms with Crippen molar-refractivity contribution in [1.29, 1.82) is 0 Å². The minimum atomic E-state index is -0.173. The van der Waals surface area contributed by atoms with Crippen molar-refractivity contribution in [2.45, 2.75) is 45.6 Å². The van der Waals surface area contributed by atoms with E-state index in [1.54, 1.807) is 0 Å². The molecule has 1 saturated heterocycles. The number of nitrogens with one attached hydrogen (secondary N) is 1. The molecule has 2 aromatic carbocycles. The molecule has 36 heavy (non-hydrogen) atoms. The van der Waals surface area contributed by atoms with Gasteiger partial charge in [0.1, 0.15) is 11.3 Å². The molecule has 192 valence electrons. The average Bonchev–Trinajstić information content (AvgIpc) is 3.24. The Morgan fingerprint density at radius 3 is 2.67 bits per heavy atom. The normalized spacial score (nSPS) is 14.5. The topological polar surface area (TPSA) is 75.0 Å². The number of ether oxygens (including phenoxy) is 1. The Balaban J connectivity index is 1.43. The maximum absolute atomic E-state index is 13.5. The van der Waals surface area contributed by atoms with E-state index in [-0.39, 0.29) is 24.0 Å². The molecule has 3 aromatic rings. The fraction of sp³-hybridized carbons (Fsp3) is 0.448. The molecule has 0 saturated carbocycles. The third kappa shape index (κ3) is 6.33. The zero-order valence-corrected chi connectivity index (χ0v) is 21.6. The van der Waals surface area contributed by atoms with Crippen LogP contribution in [0.5, 0.6) is 0 Å². The lowest BCUT2D eigenvalue weighted by Gasteiger charge is -2.36. The van der Waals surface area contributed by atoms with Gasteiger partial charge in [-0.3, -0.25) is 9.59 Å². The predicted octanol–water partition coefficient (Wildman–Crippen LogP) is 4.89. The van der Waals surface area contributed by atoms with Gasteiger partial charge in [0.2, 0.25) is 11.7 Å². The number of hydrogen-bond acceptors (Lipinski definition) is 5. The van der Waals surface area contributed by atoms with Gasteiger partial charge in [-0.2, -0.15) is 0 Å². The highest BCUT2D eigenvalue weighted by molar-refractivity contribution is 6.11. The highest BCUT2D eigenvalue weighted by Crippen LogP contribution is 2.32. The van der Waals surface area contributed by atoms with Crippen molar-refractivity contribution in [3.63, 3.8) is 0 Å². The van der Waals surface area contributed by atoms with Crippen LogP contribution in [-0.2, 0) is 16.0 Å². The van der Waals surface area contributed by atoms with E-state index in [1.807, 2.05) is 67.3 Å². The second kappa shape index (κ2) is 12.2. The molecule has 0 unspecified atom stereocenters. The van der Waals surface area contributed by atoms with Crippen LogP contribution in [0.3, 0.4) is 0 Å². The van der Waals surface area contributed by atoms with E-state index < -0.39 is 0 Å². The molecule has 1 fully saturated rings. The molecular formula is C29H37N3O4. The fourth-order valence-corrected chi connectivity index (χ4v) is 4.91. The first-order valence-electron chi connectivity index (χ1n) is 12.9. The number of hydrogen-bond donors (Lipinski definition) is 1. The van der Waals surface area contributed by atoms with Gasteiger partial charge in [0.25, 0.3) is 5.91 Å². The predicted molar refractivity (Wildman–Crippen MR) is 142 cm³/mol. The Morgan fingerprint density at radius 1 is 1.14 bits per heavy atom. The van der Waals surface area contributed by atoms with E-state index in [0.29, 0.717) is 30.4 Å². The van der Waals surface area contributed by atoms with Gasteiger partial charge in [-0.15, -0.1) is 0 Å². The van der Waals surface area contributed by atoms with E-state index in [1.165, 1.54) is 0 Å². The number of carbonyl (C=O) groups excluding carboxylic acids is 2. The van der Waals surface area contributed by atoms with Crippen LogP contribution in [0, 0.1) is 6.92 Å². The minimum Gasteiger partial charge on any atom is -0.449 e. The van der Waals surface area contributed by atoms with Crippen molar-refractivity contribution in [1.82, 2.24) is 9.80 Å². The lowest BCUT2D eigenvalue weighted by atomic mass is 10.0. The molecule has 1 aliphatic rings. The second-order valence-electron chi connectivity index (χ2n) is 9.57. The quantitative estimate of drug-likeness (QED) is 0.409. The number of amides is 2. The number of carbonyl (C=O) groups is 2. The molecule has 0 bridgehead atoms. The van der Waals surface area contributed by atoms with Crippen molar-refractivity contribution >= 4 is 28.5 Å². The number of aryl methyl sites for hydroxylation is 1. The zero-order chi connectivity index (χ0) is 25.5. The number of benzene rings is 2. The smallest absolute Gasteiger partial charge is 0.291 e. The van der Waals surface area contributed by atoms with Crippen LogP contribution in [0.4, 0.5) is 5.69 Å². The number of likely N-dealkylation sites (tertiary alicyclic amines) is 1. The standard InChI is InChI=1S/C29H37N3O4/c1-4-35-18-8-15-31(3)23-13-16-32(17-14-23)29(34)28-27(24-11-5-6-12-25(24)36-28)30-26(33)20-22-10-7-9-21(2)19-22/h5-7,9-12,19,23H,4,8,13-18,20H2,1-3H3,(H,30,33). The number of fused-ring (bicyclic) bond motifs is 1. The van der Waals surface area contributed by atoms with Crippen molar-refractivity contribution in [3.05, 3.63) is 65.4 Å². The summed E-state index contributed by atoms with van der Waals surface area (Å²) in [6, 6.07) is 15.8. The van der Waals surface area contributed by atoms with E-state index in [4.69, 9.17) is 9.15 Å². The van der Waals surface area contributed by atoms with Gasteiger partial charge in [-0.25, -0.2) is 0 Å². The number of piperidine rings is 1. The molecule has 0 aliphatic carbocycles. The molecule has 7 heteroatoms. The second-order valence-corrected chi connectivity index (χ2v) is 9.57. The van der Waals surface area contributed by atoms with Gasteiger partial charge in [0, 0.05) is 44.3 Å². The summed E-state index contributed by atoms with van der Waals surface area (Å²) in [5.41, 5.74) is 3.09. The van der Waals surface area contributed by atoms with Gasteiger partial charge >= 0.3 is 0 Å². The van der Waals surface area contributed by atoms with Crippen LogP contribution >= 0.6 is 0 Å². The summed E-state index contributed by atoms with van der Waals surface area (Å²) in [5, 5.41) is 3.72. The lowest BCUT2D eigenvalue weighted by Crippen LogP contribution is -2.46. The Kier molecular flexibility index (Phi) is 8.78. The van der Waals surface area contributed by atoms with E-state index in [2.05, 4.69) is 17.3 Å². The number of rotatable bonds is 10. The van der Waals surface area contributed by atoms with Crippen molar-refractivity contribution in [2.24, 2.45) is 0 Å². The van der Waals surface area contributed by atoms with E-state index >= 15 is 0 Å². The van der Waals surface area contributed by atoms with Crippen LogP contribution in [-0.4, -0.2) is 67.6 Å². The SMILES string of the molecule is CCOCCCN(C)C1CCN(C(=O)c2oc3ccccc3c2NC(=O)Cc2cccc(C)c2)CC1. The average molecular weight is 492 g/mol. The largest absolute Gasteiger partial charge is 0.449 e. The van der Waals surface area contributed by atoms with Gasteiger partial charge in [-0.1, -0.05) is 42.0 Å². The van der Waals surface area contributed by atoms with Crippen LogP contribution in [0.2, 0.25) is 0 Å². The molecule has 7 nitrogen and oxygen atoms in total. The lowest BCUT2D eigenvalue weighted by molar-refractivity contribution is -0.115. The summed E-state index contributed by atoms with van der Waals surface area (Å²) >= 11 is 0. The molecule has 2 amide bonds. The molecular weight excluding hydrogens is 454 g/mol. The van der Waals surface area contributed by atoms with Crippen LogP contribution in [0.25, 0.3) is 11.0 Å². The first-order chi connectivity index (χ1) is 17.5. The molecule has 0 atom stereocenters. The molecule has 1 aromatic heterocycles. The van der Waals surface area contributed by atoms with E-state index in [9.17, 15) is 9.59 Å². The zero-order valence-electron chi connectivity index (χ0n) is 21.6. The van der Waals surface area contributed by atoms with Gasteiger partial charge in [0.15, 0.2) is 0 Å². The molecule has 0 spiro atoms. The molecule has 2 heterocycles. The number of nitrogens with zero attached hydrogens (tertiary/aromatic N) is 2. The van der Waals surface area contributed by atoms with Crippen molar-refractivity contribution in [3.8, 4) is 0 Å². The number of anilines is 1. The summed E-state index contributed by atoms with van der Waals surface area (Å²) in [6.45, 7) is 7.85. The van der Waals surface area contributed by atoms with Gasteiger partial charge in [0.05, 0.1) is 6.42 Å². The highest BCUT2D eigenvalue weighted by Gasteiger charge is 2.30. The van der Waals surface area contributed by atoms with Crippen LogP contribution < -0.4 is 5.32 Å². The molecule has 1 aliphatic heterocycles. The third-order valence-corrected chi connectivity index (χ3v) is 6.88. The monoisotopic (exact) mass is 491 g/mol. The third-order valence-electron chi connectivity index (χ3n) is 6.88. The van der Waals surface area contributed by atoms with E-state index in [0.717, 1.165) is 55.5 Å². The Labute approximate surface area is 213 Å². The first-order valence-corrected chi connectivity index (χ1v) is 12.9. The number of para-hydroxylation sites is 1. The van der Waals surface area contributed by atoms with Gasteiger partial charge < -0.3 is 24.3 Å². The maximum atomic E-state index is 13.5. The summed E-state index contributed by atoms with van der Waals surface area (Å²) < 4.78 is 11.5. The summed E-state index contributed by atoms with van der Waals surface area (Å²) in [5.74, 6) is -0.139. The van der Waals surface area contributed by atoms with Crippen LogP contribution in [0.1, 0.15) is 47.9 Å². The Morgan fingerprint density at radius 2 is 1.92 bits per heavy atom. The minimum absolute atomic E-state index is 0.172.